The van der Waals surface area contributed by atoms with E-state index in [0.29, 0.717) is 25.0 Å². The SMILES string of the molecule is O=C(NCCOC1CCCCCC1)C1CC2CSCC(C1)C2=O. The normalized spacial score (nSPS) is 32.3. The van der Waals surface area contributed by atoms with Crippen LogP contribution in [0.5, 0.6) is 0 Å². The summed E-state index contributed by atoms with van der Waals surface area (Å²) in [6.45, 7) is 1.22. The van der Waals surface area contributed by atoms with Crippen LogP contribution >= 0.6 is 11.8 Å². The third-order valence-corrected chi connectivity index (χ3v) is 6.78. The second-order valence-corrected chi connectivity index (χ2v) is 8.35. The van der Waals surface area contributed by atoms with E-state index in [1.54, 1.807) is 0 Å². The molecule has 5 heteroatoms. The quantitative estimate of drug-likeness (QED) is 0.618. The fraction of sp³-hybridized carbons (Fsp3) is 0.889. The molecule has 0 radical (unpaired) electrons. The first-order valence-corrected chi connectivity index (χ1v) is 10.4. The summed E-state index contributed by atoms with van der Waals surface area (Å²) in [6, 6.07) is 0. The van der Waals surface area contributed by atoms with Crippen molar-refractivity contribution < 1.29 is 14.3 Å². The van der Waals surface area contributed by atoms with E-state index >= 15 is 0 Å². The predicted octanol–water partition coefficient (Wildman–Crippen LogP) is 2.80. The van der Waals surface area contributed by atoms with Crippen LogP contribution in [0.15, 0.2) is 0 Å². The van der Waals surface area contributed by atoms with E-state index < -0.39 is 0 Å². The van der Waals surface area contributed by atoms with Crippen molar-refractivity contribution in [3.8, 4) is 0 Å². The summed E-state index contributed by atoms with van der Waals surface area (Å²) >= 11 is 1.87. The number of ether oxygens (including phenoxy) is 1. The molecule has 0 aromatic rings. The van der Waals surface area contributed by atoms with Crippen LogP contribution in [-0.2, 0) is 14.3 Å². The molecule has 1 amide bonds. The maximum Gasteiger partial charge on any atom is 0.223 e. The molecule has 0 aromatic heterocycles. The van der Waals surface area contributed by atoms with Gasteiger partial charge in [0.05, 0.1) is 12.7 Å². The molecular formula is C18H29NO3S. The van der Waals surface area contributed by atoms with Crippen molar-refractivity contribution in [1.82, 2.24) is 5.32 Å². The molecule has 130 valence electrons. The molecule has 23 heavy (non-hydrogen) atoms. The van der Waals surface area contributed by atoms with Gasteiger partial charge in [0.2, 0.25) is 5.91 Å². The second-order valence-electron chi connectivity index (χ2n) is 7.28. The Morgan fingerprint density at radius 2 is 1.74 bits per heavy atom. The highest BCUT2D eigenvalue weighted by atomic mass is 32.2. The Labute approximate surface area is 143 Å². The first-order chi connectivity index (χ1) is 11.2. The number of nitrogens with one attached hydrogen (secondary N) is 1. The Morgan fingerprint density at radius 3 is 2.39 bits per heavy atom. The maximum atomic E-state index is 12.4. The van der Waals surface area contributed by atoms with Gasteiger partial charge in [-0.2, -0.15) is 11.8 Å². The van der Waals surface area contributed by atoms with Gasteiger partial charge >= 0.3 is 0 Å². The Balaban J connectivity index is 1.35. The summed E-state index contributed by atoms with van der Waals surface area (Å²) in [7, 11) is 0. The standard InChI is InChI=1S/C18H29NO3S/c20-17-14-9-13(10-15(17)12-23-11-14)18(21)19-7-8-22-16-5-3-1-2-4-6-16/h13-16H,1-12H2,(H,19,21). The number of ketones is 1. The zero-order valence-corrected chi connectivity index (χ0v) is 14.7. The summed E-state index contributed by atoms with van der Waals surface area (Å²) in [5.41, 5.74) is 0. The van der Waals surface area contributed by atoms with Gasteiger partial charge < -0.3 is 10.1 Å². The third-order valence-electron chi connectivity index (χ3n) is 5.51. The molecule has 0 aromatic carbocycles. The fourth-order valence-corrected chi connectivity index (χ4v) is 5.47. The van der Waals surface area contributed by atoms with Crippen molar-refractivity contribution in [2.75, 3.05) is 24.7 Å². The molecule has 3 aliphatic rings. The minimum atomic E-state index is 0.0291. The molecule has 1 N–H and O–H groups in total. The topological polar surface area (TPSA) is 55.4 Å². The zero-order chi connectivity index (χ0) is 16.1. The summed E-state index contributed by atoms with van der Waals surface area (Å²) in [4.78, 5) is 24.4. The lowest BCUT2D eigenvalue weighted by Gasteiger charge is -2.36. The maximum absolute atomic E-state index is 12.4. The Bertz CT molecular complexity index is 404. The number of thioether (sulfide) groups is 1. The van der Waals surface area contributed by atoms with Crippen molar-refractivity contribution in [3.05, 3.63) is 0 Å². The molecule has 2 unspecified atom stereocenters. The van der Waals surface area contributed by atoms with Crippen LogP contribution in [0, 0.1) is 17.8 Å². The Morgan fingerprint density at radius 1 is 1.09 bits per heavy atom. The highest BCUT2D eigenvalue weighted by Crippen LogP contribution is 2.38. The Kier molecular flexibility index (Phi) is 6.40. The number of fused-ring (bicyclic) bond motifs is 2. The number of carbonyl (C=O) groups excluding carboxylic acids is 2. The average molecular weight is 340 g/mol. The van der Waals surface area contributed by atoms with Crippen LogP contribution in [-0.4, -0.2) is 42.5 Å². The van der Waals surface area contributed by atoms with Crippen LogP contribution in [0.3, 0.4) is 0 Å². The van der Waals surface area contributed by atoms with Gasteiger partial charge in [0.1, 0.15) is 5.78 Å². The zero-order valence-electron chi connectivity index (χ0n) is 13.9. The van der Waals surface area contributed by atoms with E-state index in [0.717, 1.165) is 24.3 Å². The first kappa shape index (κ1) is 17.3. The lowest BCUT2D eigenvalue weighted by atomic mass is 9.75. The molecule has 0 spiro atoms. The van der Waals surface area contributed by atoms with Gasteiger partial charge in [-0.25, -0.2) is 0 Å². The number of carbonyl (C=O) groups is 2. The van der Waals surface area contributed by atoms with Gasteiger partial charge in [-0.1, -0.05) is 25.7 Å². The molecule has 2 saturated carbocycles. The number of hydrogen-bond donors (Lipinski definition) is 1. The number of rotatable bonds is 5. The molecule has 1 aliphatic heterocycles. The van der Waals surface area contributed by atoms with Gasteiger partial charge in [-0.05, 0) is 25.7 Å². The van der Waals surface area contributed by atoms with E-state index in [4.69, 9.17) is 4.74 Å². The van der Waals surface area contributed by atoms with Crippen molar-refractivity contribution >= 4 is 23.5 Å². The second kappa shape index (κ2) is 8.52. The molecular weight excluding hydrogens is 310 g/mol. The monoisotopic (exact) mass is 339 g/mol. The van der Waals surface area contributed by atoms with E-state index in [1.165, 1.54) is 38.5 Å². The molecule has 1 heterocycles. The molecule has 2 atom stereocenters. The molecule has 2 aliphatic carbocycles. The highest BCUT2D eigenvalue weighted by Gasteiger charge is 2.41. The summed E-state index contributed by atoms with van der Waals surface area (Å²) < 4.78 is 5.92. The van der Waals surface area contributed by atoms with Crippen LogP contribution in [0.25, 0.3) is 0 Å². The largest absolute Gasteiger partial charge is 0.376 e. The van der Waals surface area contributed by atoms with Crippen molar-refractivity contribution in [3.63, 3.8) is 0 Å². The minimum Gasteiger partial charge on any atom is -0.376 e. The molecule has 1 saturated heterocycles. The molecule has 2 bridgehead atoms. The van der Waals surface area contributed by atoms with E-state index in [1.807, 2.05) is 11.8 Å². The van der Waals surface area contributed by atoms with Gasteiger partial charge in [0, 0.05) is 35.8 Å². The van der Waals surface area contributed by atoms with Gasteiger partial charge in [-0.3, -0.25) is 9.59 Å². The summed E-state index contributed by atoms with van der Waals surface area (Å²) in [5, 5.41) is 3.03. The van der Waals surface area contributed by atoms with E-state index in [9.17, 15) is 9.59 Å². The van der Waals surface area contributed by atoms with Gasteiger partial charge in [-0.15, -0.1) is 0 Å². The summed E-state index contributed by atoms with van der Waals surface area (Å²) in [6.07, 6.45) is 9.42. The molecule has 3 rings (SSSR count). The van der Waals surface area contributed by atoms with Crippen LogP contribution in [0.2, 0.25) is 0 Å². The van der Waals surface area contributed by atoms with Crippen LogP contribution < -0.4 is 5.32 Å². The van der Waals surface area contributed by atoms with Gasteiger partial charge in [0.15, 0.2) is 0 Å². The smallest absolute Gasteiger partial charge is 0.223 e. The van der Waals surface area contributed by atoms with Gasteiger partial charge in [0.25, 0.3) is 0 Å². The Hall–Kier alpha value is -0.550. The van der Waals surface area contributed by atoms with Crippen LogP contribution in [0.1, 0.15) is 51.4 Å². The minimum absolute atomic E-state index is 0.0291. The molecule has 4 nitrogen and oxygen atoms in total. The molecule has 3 fully saturated rings. The lowest BCUT2D eigenvalue weighted by molar-refractivity contribution is -0.134. The third kappa shape index (κ3) is 4.72. The lowest BCUT2D eigenvalue weighted by Crippen LogP contribution is -2.44. The van der Waals surface area contributed by atoms with Crippen molar-refractivity contribution in [2.24, 2.45) is 17.8 Å². The van der Waals surface area contributed by atoms with Crippen molar-refractivity contribution in [2.45, 2.75) is 57.5 Å². The number of hydrogen-bond acceptors (Lipinski definition) is 4. The number of amides is 1. The van der Waals surface area contributed by atoms with E-state index in [-0.39, 0.29) is 23.7 Å². The van der Waals surface area contributed by atoms with Crippen LogP contribution in [0.4, 0.5) is 0 Å². The number of Topliss-reactive ketones (excluding diaryl/α,β-unsaturated/α-hetero) is 1. The van der Waals surface area contributed by atoms with E-state index in [2.05, 4.69) is 5.32 Å². The first-order valence-electron chi connectivity index (χ1n) is 9.25. The highest BCUT2D eigenvalue weighted by molar-refractivity contribution is 7.99. The fourth-order valence-electron chi connectivity index (χ4n) is 4.17. The summed E-state index contributed by atoms with van der Waals surface area (Å²) in [5.74, 6) is 2.61. The predicted molar refractivity (Wildman–Crippen MR) is 92.5 cm³/mol. The average Bonchev–Trinajstić information content (AvgIpc) is 2.80. The van der Waals surface area contributed by atoms with Crippen molar-refractivity contribution in [1.29, 1.82) is 0 Å².